The quantitative estimate of drug-likeness (QED) is 0.889. The second kappa shape index (κ2) is 6.03. The lowest BCUT2D eigenvalue weighted by molar-refractivity contribution is 0.130. The predicted octanol–water partition coefficient (Wildman–Crippen LogP) is 0.840. The van der Waals surface area contributed by atoms with Crippen LogP contribution in [0.2, 0.25) is 0 Å². The van der Waals surface area contributed by atoms with Crippen molar-refractivity contribution in [1.82, 2.24) is 4.90 Å². The highest BCUT2D eigenvalue weighted by Gasteiger charge is 2.30. The normalized spacial score (nSPS) is 23.4. The molecule has 1 unspecified atom stereocenters. The first-order valence-electron chi connectivity index (χ1n) is 6.67. The minimum absolute atomic E-state index is 0.0660. The molecule has 19 heavy (non-hydrogen) atoms. The van der Waals surface area contributed by atoms with Crippen LogP contribution >= 0.6 is 0 Å². The van der Waals surface area contributed by atoms with E-state index in [9.17, 15) is 13.5 Å². The van der Waals surface area contributed by atoms with Crippen LogP contribution in [0.25, 0.3) is 0 Å². The molecule has 1 saturated heterocycles. The van der Waals surface area contributed by atoms with Crippen LogP contribution in [0.4, 0.5) is 0 Å². The van der Waals surface area contributed by atoms with E-state index in [4.69, 9.17) is 0 Å². The van der Waals surface area contributed by atoms with Gasteiger partial charge in [-0.1, -0.05) is 31.2 Å². The Bertz CT molecular complexity index is 510. The number of rotatable bonds is 4. The molecule has 1 N–H and O–H groups in total. The van der Waals surface area contributed by atoms with E-state index in [1.54, 1.807) is 0 Å². The molecule has 0 radical (unpaired) electrons. The first-order chi connectivity index (χ1) is 9.04. The zero-order chi connectivity index (χ0) is 13.9. The van der Waals surface area contributed by atoms with Crippen LogP contribution in [-0.2, 0) is 22.8 Å². The van der Waals surface area contributed by atoms with Gasteiger partial charge in [0.15, 0.2) is 9.84 Å². The topological polar surface area (TPSA) is 57.6 Å². The van der Waals surface area contributed by atoms with Crippen molar-refractivity contribution in [2.24, 2.45) is 0 Å². The van der Waals surface area contributed by atoms with Crippen LogP contribution in [0.3, 0.4) is 0 Å². The maximum atomic E-state index is 11.6. The SMILES string of the molecule is CCc1ccc(CN2CCS(=O)(=O)CC2CO)cc1. The van der Waals surface area contributed by atoms with Crippen molar-refractivity contribution >= 4 is 9.84 Å². The van der Waals surface area contributed by atoms with Crippen LogP contribution in [0, 0.1) is 0 Å². The Morgan fingerprint density at radius 1 is 1.26 bits per heavy atom. The average molecular weight is 283 g/mol. The van der Waals surface area contributed by atoms with Crippen molar-refractivity contribution in [1.29, 1.82) is 0 Å². The molecule has 0 bridgehead atoms. The summed E-state index contributed by atoms with van der Waals surface area (Å²) >= 11 is 0. The van der Waals surface area contributed by atoms with Crippen molar-refractivity contribution in [3.63, 3.8) is 0 Å². The van der Waals surface area contributed by atoms with Crippen LogP contribution < -0.4 is 0 Å². The maximum Gasteiger partial charge on any atom is 0.153 e. The summed E-state index contributed by atoms with van der Waals surface area (Å²) in [5, 5.41) is 9.35. The molecule has 4 nitrogen and oxygen atoms in total. The lowest BCUT2D eigenvalue weighted by Crippen LogP contribution is -2.49. The van der Waals surface area contributed by atoms with Gasteiger partial charge in [0.1, 0.15) is 0 Å². The Labute approximate surface area is 115 Å². The molecule has 0 aliphatic carbocycles. The molecule has 1 fully saturated rings. The second-order valence-electron chi connectivity index (χ2n) is 5.09. The fraction of sp³-hybridized carbons (Fsp3) is 0.571. The molecule has 0 amide bonds. The van der Waals surface area contributed by atoms with E-state index in [0.29, 0.717) is 13.1 Å². The molecule has 0 aromatic heterocycles. The molecule has 1 aromatic rings. The van der Waals surface area contributed by atoms with Gasteiger partial charge < -0.3 is 5.11 Å². The summed E-state index contributed by atoms with van der Waals surface area (Å²) in [6.07, 6.45) is 1.02. The molecule has 1 heterocycles. The van der Waals surface area contributed by atoms with Gasteiger partial charge in [-0.15, -0.1) is 0 Å². The summed E-state index contributed by atoms with van der Waals surface area (Å²) in [7, 11) is -2.98. The first kappa shape index (κ1) is 14.5. The van der Waals surface area contributed by atoms with Crippen molar-refractivity contribution in [2.75, 3.05) is 24.7 Å². The Kier molecular flexibility index (Phi) is 4.60. The van der Waals surface area contributed by atoms with Gasteiger partial charge in [-0.2, -0.15) is 0 Å². The number of aliphatic hydroxyl groups excluding tert-OH is 1. The van der Waals surface area contributed by atoms with E-state index in [-0.39, 0.29) is 24.2 Å². The van der Waals surface area contributed by atoms with Gasteiger partial charge in [0.2, 0.25) is 0 Å². The third-order valence-corrected chi connectivity index (χ3v) is 5.38. The lowest BCUT2D eigenvalue weighted by atomic mass is 10.1. The van der Waals surface area contributed by atoms with Gasteiger partial charge in [-0.05, 0) is 17.5 Å². The molecular weight excluding hydrogens is 262 g/mol. The van der Waals surface area contributed by atoms with Gasteiger partial charge in [-0.25, -0.2) is 8.42 Å². The zero-order valence-electron chi connectivity index (χ0n) is 11.2. The van der Waals surface area contributed by atoms with Crippen LogP contribution in [0.5, 0.6) is 0 Å². The minimum Gasteiger partial charge on any atom is -0.395 e. The monoisotopic (exact) mass is 283 g/mol. The number of hydrogen-bond acceptors (Lipinski definition) is 4. The van der Waals surface area contributed by atoms with E-state index < -0.39 is 9.84 Å². The number of hydrogen-bond donors (Lipinski definition) is 1. The average Bonchev–Trinajstić information content (AvgIpc) is 2.41. The van der Waals surface area contributed by atoms with Crippen molar-refractivity contribution in [3.05, 3.63) is 35.4 Å². The number of benzene rings is 1. The predicted molar refractivity (Wildman–Crippen MR) is 75.8 cm³/mol. The number of aryl methyl sites for hydroxylation is 1. The fourth-order valence-corrected chi connectivity index (χ4v) is 3.99. The molecule has 5 heteroatoms. The third kappa shape index (κ3) is 3.78. The molecule has 2 rings (SSSR count). The Hall–Kier alpha value is -0.910. The van der Waals surface area contributed by atoms with E-state index in [1.165, 1.54) is 5.56 Å². The second-order valence-corrected chi connectivity index (χ2v) is 7.32. The molecule has 106 valence electrons. The summed E-state index contributed by atoms with van der Waals surface area (Å²) in [6, 6.07) is 8.09. The number of aliphatic hydroxyl groups is 1. The van der Waals surface area contributed by atoms with Crippen molar-refractivity contribution in [2.45, 2.75) is 25.9 Å². The summed E-state index contributed by atoms with van der Waals surface area (Å²) in [6.45, 7) is 3.21. The molecule has 1 atom stereocenters. The molecule has 1 aromatic carbocycles. The summed E-state index contributed by atoms with van der Waals surface area (Å²) in [4.78, 5) is 2.06. The highest BCUT2D eigenvalue weighted by atomic mass is 32.2. The molecule has 0 saturated carbocycles. The highest BCUT2D eigenvalue weighted by Crippen LogP contribution is 2.16. The molecule has 1 aliphatic rings. The van der Waals surface area contributed by atoms with Gasteiger partial charge >= 0.3 is 0 Å². The van der Waals surface area contributed by atoms with E-state index in [0.717, 1.165) is 12.0 Å². The summed E-state index contributed by atoms with van der Waals surface area (Å²) in [5.41, 5.74) is 2.46. The van der Waals surface area contributed by atoms with Gasteiger partial charge in [-0.3, -0.25) is 4.90 Å². The minimum atomic E-state index is -2.98. The summed E-state index contributed by atoms with van der Waals surface area (Å²) in [5.74, 6) is 0.257. The largest absolute Gasteiger partial charge is 0.395 e. The Morgan fingerprint density at radius 3 is 2.47 bits per heavy atom. The number of sulfone groups is 1. The number of nitrogens with zero attached hydrogens (tertiary/aromatic N) is 1. The fourth-order valence-electron chi connectivity index (χ4n) is 2.41. The molecule has 1 aliphatic heterocycles. The van der Waals surface area contributed by atoms with E-state index >= 15 is 0 Å². The van der Waals surface area contributed by atoms with Crippen LogP contribution in [-0.4, -0.2) is 49.1 Å². The van der Waals surface area contributed by atoms with E-state index in [2.05, 4.69) is 36.1 Å². The third-order valence-electron chi connectivity index (χ3n) is 3.68. The van der Waals surface area contributed by atoms with Crippen LogP contribution in [0.1, 0.15) is 18.1 Å². The van der Waals surface area contributed by atoms with Crippen molar-refractivity contribution < 1.29 is 13.5 Å². The first-order valence-corrected chi connectivity index (χ1v) is 8.49. The van der Waals surface area contributed by atoms with Crippen molar-refractivity contribution in [3.8, 4) is 0 Å². The van der Waals surface area contributed by atoms with Crippen LogP contribution in [0.15, 0.2) is 24.3 Å². The lowest BCUT2D eigenvalue weighted by Gasteiger charge is -2.34. The smallest absolute Gasteiger partial charge is 0.153 e. The standard InChI is InChI=1S/C14H21NO3S/c1-2-12-3-5-13(6-4-12)9-15-7-8-19(17,18)11-14(15)10-16/h3-6,14,16H,2,7-11H2,1H3. The zero-order valence-corrected chi connectivity index (χ0v) is 12.1. The molecular formula is C14H21NO3S. The van der Waals surface area contributed by atoms with Gasteiger partial charge in [0.05, 0.1) is 18.1 Å². The highest BCUT2D eigenvalue weighted by molar-refractivity contribution is 7.91. The van der Waals surface area contributed by atoms with Gasteiger partial charge in [0.25, 0.3) is 0 Å². The summed E-state index contributed by atoms with van der Waals surface area (Å²) < 4.78 is 23.1. The Morgan fingerprint density at radius 2 is 1.89 bits per heavy atom. The Balaban J connectivity index is 2.05. The molecule has 0 spiro atoms. The maximum absolute atomic E-state index is 11.6. The van der Waals surface area contributed by atoms with Gasteiger partial charge in [0, 0.05) is 19.1 Å². The van der Waals surface area contributed by atoms with E-state index in [1.807, 2.05) is 0 Å².